The molecule has 1 saturated heterocycles. The van der Waals surface area contributed by atoms with Gasteiger partial charge in [0, 0.05) is 12.6 Å². The van der Waals surface area contributed by atoms with Gasteiger partial charge < -0.3 is 10.1 Å². The first kappa shape index (κ1) is 20.8. The maximum absolute atomic E-state index is 13.0. The third-order valence-electron chi connectivity index (χ3n) is 5.42. The van der Waals surface area contributed by atoms with Gasteiger partial charge >= 0.3 is 5.97 Å². The van der Waals surface area contributed by atoms with Crippen molar-refractivity contribution in [2.45, 2.75) is 68.8 Å². The van der Waals surface area contributed by atoms with E-state index < -0.39 is 22.0 Å². The fourth-order valence-corrected chi connectivity index (χ4v) is 5.49. The molecule has 1 aromatic carbocycles. The minimum atomic E-state index is -3.80. The van der Waals surface area contributed by atoms with E-state index in [1.165, 1.54) is 4.31 Å². The van der Waals surface area contributed by atoms with Crippen LogP contribution in [0.4, 0.5) is 0 Å². The summed E-state index contributed by atoms with van der Waals surface area (Å²) in [5.41, 5.74) is 0.960. The van der Waals surface area contributed by atoms with Crippen molar-refractivity contribution in [3.05, 3.63) is 29.8 Å². The Hall–Kier alpha value is -1.93. The number of ether oxygens (including phenoxy) is 1. The molecule has 1 heterocycles. The van der Waals surface area contributed by atoms with Crippen LogP contribution in [0.15, 0.2) is 29.2 Å². The Kier molecular flexibility index (Phi) is 6.72. The molecule has 28 heavy (non-hydrogen) atoms. The molecule has 0 aromatic heterocycles. The molecule has 0 unspecified atom stereocenters. The monoisotopic (exact) mass is 408 g/mol. The number of rotatable bonds is 6. The number of carbonyl (C=O) groups excluding carboxylic acids is 2. The topological polar surface area (TPSA) is 92.8 Å². The fraction of sp³-hybridized carbons (Fsp3) is 0.600. The predicted octanol–water partition coefficient (Wildman–Crippen LogP) is 2.14. The molecule has 8 heteroatoms. The summed E-state index contributed by atoms with van der Waals surface area (Å²) < 4.78 is 32.4. The molecule has 2 fully saturated rings. The third-order valence-corrected chi connectivity index (χ3v) is 7.34. The van der Waals surface area contributed by atoms with Crippen LogP contribution >= 0.6 is 0 Å². The molecule has 3 rings (SSSR count). The van der Waals surface area contributed by atoms with Gasteiger partial charge in [-0.15, -0.1) is 0 Å². The van der Waals surface area contributed by atoms with E-state index in [2.05, 4.69) is 5.32 Å². The van der Waals surface area contributed by atoms with Gasteiger partial charge in [0.1, 0.15) is 6.04 Å². The van der Waals surface area contributed by atoms with E-state index in [0.717, 1.165) is 37.7 Å². The van der Waals surface area contributed by atoms with Crippen molar-refractivity contribution in [1.82, 2.24) is 9.62 Å². The van der Waals surface area contributed by atoms with Gasteiger partial charge in [-0.2, -0.15) is 4.31 Å². The number of carbonyl (C=O) groups is 2. The molecule has 1 N–H and O–H groups in total. The number of hydrogen-bond donors (Lipinski definition) is 1. The molecule has 2 aliphatic rings. The lowest BCUT2D eigenvalue weighted by molar-refractivity contribution is -0.153. The second-order valence-corrected chi connectivity index (χ2v) is 9.49. The van der Waals surface area contributed by atoms with Gasteiger partial charge in [-0.05, 0) is 51.2 Å². The van der Waals surface area contributed by atoms with E-state index in [0.29, 0.717) is 12.8 Å². The molecule has 1 aliphatic heterocycles. The van der Waals surface area contributed by atoms with Crippen molar-refractivity contribution in [3.8, 4) is 0 Å². The molecule has 0 spiro atoms. The summed E-state index contributed by atoms with van der Waals surface area (Å²) in [5.74, 6) is -0.985. The Morgan fingerprint density at radius 3 is 2.39 bits per heavy atom. The highest BCUT2D eigenvalue weighted by Crippen LogP contribution is 2.26. The highest BCUT2D eigenvalue weighted by atomic mass is 32.2. The normalized spacial score (nSPS) is 21.4. The van der Waals surface area contributed by atoms with Crippen molar-refractivity contribution in [1.29, 1.82) is 0 Å². The van der Waals surface area contributed by atoms with Crippen LogP contribution in [-0.4, -0.2) is 49.8 Å². The SMILES string of the molecule is Cc1ccc(S(=O)(=O)N2CCCC[C@H]2C(=O)OCC(=O)NC2CCCC2)cc1. The van der Waals surface area contributed by atoms with Gasteiger partial charge in [0.15, 0.2) is 6.61 Å². The second kappa shape index (κ2) is 9.05. The summed E-state index contributed by atoms with van der Waals surface area (Å²) in [6, 6.07) is 5.83. The highest BCUT2D eigenvalue weighted by Gasteiger charge is 2.38. The summed E-state index contributed by atoms with van der Waals surface area (Å²) in [6.45, 7) is 1.78. The zero-order valence-electron chi connectivity index (χ0n) is 16.2. The number of piperidine rings is 1. The molecule has 7 nitrogen and oxygen atoms in total. The van der Waals surface area contributed by atoms with E-state index in [1.54, 1.807) is 24.3 Å². The number of benzene rings is 1. The molecule has 0 radical (unpaired) electrons. The van der Waals surface area contributed by atoms with Crippen molar-refractivity contribution < 1.29 is 22.7 Å². The van der Waals surface area contributed by atoms with Gasteiger partial charge in [-0.25, -0.2) is 8.42 Å². The molecular formula is C20H28N2O5S. The highest BCUT2D eigenvalue weighted by molar-refractivity contribution is 7.89. The minimum Gasteiger partial charge on any atom is -0.454 e. The standard InChI is InChI=1S/C20H28N2O5S/c1-15-9-11-17(12-10-15)28(25,26)22-13-5-4-8-18(22)20(24)27-14-19(23)21-16-6-2-3-7-16/h9-12,16,18H,2-8,13-14H2,1H3,(H,21,23)/t18-/m0/s1. The maximum atomic E-state index is 13.0. The summed E-state index contributed by atoms with van der Waals surface area (Å²) in [7, 11) is -3.80. The van der Waals surface area contributed by atoms with E-state index in [4.69, 9.17) is 4.74 Å². The lowest BCUT2D eigenvalue weighted by Gasteiger charge is -2.33. The van der Waals surface area contributed by atoms with E-state index in [1.807, 2.05) is 6.92 Å². The Labute approximate surface area is 166 Å². The second-order valence-electron chi connectivity index (χ2n) is 7.60. The van der Waals surface area contributed by atoms with Crippen LogP contribution in [0.3, 0.4) is 0 Å². The first-order valence-electron chi connectivity index (χ1n) is 9.92. The van der Waals surface area contributed by atoms with Crippen molar-refractivity contribution in [2.24, 2.45) is 0 Å². The predicted molar refractivity (Wildman–Crippen MR) is 104 cm³/mol. The molecule has 1 amide bonds. The van der Waals surface area contributed by atoms with Crippen LogP contribution in [0.1, 0.15) is 50.5 Å². The Morgan fingerprint density at radius 2 is 1.71 bits per heavy atom. The maximum Gasteiger partial charge on any atom is 0.324 e. The fourth-order valence-electron chi connectivity index (χ4n) is 3.85. The third kappa shape index (κ3) is 4.91. The molecular weight excluding hydrogens is 380 g/mol. The average molecular weight is 409 g/mol. The van der Waals surface area contributed by atoms with E-state index in [-0.39, 0.29) is 30.0 Å². The van der Waals surface area contributed by atoms with E-state index >= 15 is 0 Å². The molecule has 1 atom stereocenters. The number of nitrogens with zero attached hydrogens (tertiary/aromatic N) is 1. The van der Waals surface area contributed by atoms with Crippen molar-refractivity contribution >= 4 is 21.9 Å². The summed E-state index contributed by atoms with van der Waals surface area (Å²) in [6.07, 6.45) is 5.92. The lowest BCUT2D eigenvalue weighted by Crippen LogP contribution is -2.49. The van der Waals surface area contributed by atoms with Crippen LogP contribution in [-0.2, 0) is 24.3 Å². The first-order chi connectivity index (χ1) is 13.4. The number of sulfonamides is 1. The Bertz CT molecular complexity index is 800. The smallest absolute Gasteiger partial charge is 0.324 e. The number of aryl methyl sites for hydroxylation is 1. The number of esters is 1. The average Bonchev–Trinajstić information content (AvgIpc) is 3.19. The zero-order valence-corrected chi connectivity index (χ0v) is 17.0. The summed E-state index contributed by atoms with van der Waals surface area (Å²) in [5, 5.41) is 2.86. The van der Waals surface area contributed by atoms with Gasteiger partial charge in [0.25, 0.3) is 5.91 Å². The number of hydrogen-bond acceptors (Lipinski definition) is 5. The van der Waals surface area contributed by atoms with Gasteiger partial charge in [0.05, 0.1) is 4.90 Å². The molecule has 154 valence electrons. The zero-order chi connectivity index (χ0) is 20.1. The lowest BCUT2D eigenvalue weighted by atomic mass is 10.1. The molecule has 1 aromatic rings. The molecule has 0 bridgehead atoms. The Balaban J connectivity index is 1.64. The van der Waals surface area contributed by atoms with Gasteiger partial charge in [-0.3, -0.25) is 9.59 Å². The minimum absolute atomic E-state index is 0.152. The van der Waals surface area contributed by atoms with Crippen LogP contribution < -0.4 is 5.32 Å². The number of nitrogens with one attached hydrogen (secondary N) is 1. The van der Waals surface area contributed by atoms with Crippen molar-refractivity contribution in [3.63, 3.8) is 0 Å². The van der Waals surface area contributed by atoms with Crippen molar-refractivity contribution in [2.75, 3.05) is 13.2 Å². The van der Waals surface area contributed by atoms with Crippen LogP contribution in [0.5, 0.6) is 0 Å². The summed E-state index contributed by atoms with van der Waals surface area (Å²) >= 11 is 0. The van der Waals surface area contributed by atoms with Gasteiger partial charge in [0.2, 0.25) is 10.0 Å². The van der Waals surface area contributed by atoms with E-state index in [9.17, 15) is 18.0 Å². The molecule has 1 aliphatic carbocycles. The number of amides is 1. The quantitative estimate of drug-likeness (QED) is 0.728. The largest absolute Gasteiger partial charge is 0.454 e. The summed E-state index contributed by atoms with van der Waals surface area (Å²) in [4.78, 5) is 24.7. The van der Waals surface area contributed by atoms with Crippen LogP contribution in [0.2, 0.25) is 0 Å². The van der Waals surface area contributed by atoms with Crippen LogP contribution in [0.25, 0.3) is 0 Å². The molecule has 1 saturated carbocycles. The Morgan fingerprint density at radius 1 is 1.07 bits per heavy atom. The van der Waals surface area contributed by atoms with Gasteiger partial charge in [-0.1, -0.05) is 30.5 Å². The first-order valence-corrected chi connectivity index (χ1v) is 11.4. The van der Waals surface area contributed by atoms with Crippen LogP contribution in [0, 0.1) is 6.92 Å².